The summed E-state index contributed by atoms with van der Waals surface area (Å²) in [5.41, 5.74) is 5.33. The summed E-state index contributed by atoms with van der Waals surface area (Å²) < 4.78 is 35.8. The molecule has 3 rings (SSSR count). The van der Waals surface area contributed by atoms with E-state index in [4.69, 9.17) is 15.2 Å². The van der Waals surface area contributed by atoms with Crippen molar-refractivity contribution in [2.75, 3.05) is 25.5 Å². The minimum absolute atomic E-state index is 0.0981. The molecule has 7 nitrogen and oxygen atoms in total. The second kappa shape index (κ2) is 6.84. The lowest BCUT2D eigenvalue weighted by atomic mass is 9.96. The van der Waals surface area contributed by atoms with Crippen molar-refractivity contribution in [1.82, 2.24) is 5.32 Å². The maximum absolute atomic E-state index is 12.5. The number of benzene rings is 1. The number of rotatable bonds is 7. The number of hydrogen-bond donors (Lipinski definition) is 2. The highest BCUT2D eigenvalue weighted by atomic mass is 32.2. The summed E-state index contributed by atoms with van der Waals surface area (Å²) in [5, 5.41) is 2.91. The van der Waals surface area contributed by atoms with Crippen molar-refractivity contribution in [2.24, 2.45) is 11.7 Å². The first-order chi connectivity index (χ1) is 11.8. The summed E-state index contributed by atoms with van der Waals surface area (Å²) >= 11 is 0. The van der Waals surface area contributed by atoms with Crippen molar-refractivity contribution < 1.29 is 22.7 Å². The van der Waals surface area contributed by atoms with E-state index in [2.05, 4.69) is 5.32 Å². The van der Waals surface area contributed by atoms with Gasteiger partial charge in [-0.1, -0.05) is 0 Å². The fraction of sp³-hybridized carbons (Fsp3) is 0.588. The van der Waals surface area contributed by atoms with E-state index in [-0.39, 0.29) is 23.0 Å². The van der Waals surface area contributed by atoms with Gasteiger partial charge in [0.1, 0.15) is 13.2 Å². The molecule has 1 atom stereocenters. The molecule has 0 saturated heterocycles. The fourth-order valence-electron chi connectivity index (χ4n) is 2.98. The van der Waals surface area contributed by atoms with Gasteiger partial charge in [-0.15, -0.1) is 0 Å². The number of carbonyl (C=O) groups is 1. The zero-order chi connectivity index (χ0) is 18.1. The predicted octanol–water partition coefficient (Wildman–Crippen LogP) is 0.865. The van der Waals surface area contributed by atoms with Crippen LogP contribution < -0.4 is 20.5 Å². The van der Waals surface area contributed by atoms with Crippen molar-refractivity contribution in [3.8, 4) is 11.5 Å². The molecule has 1 heterocycles. The summed E-state index contributed by atoms with van der Waals surface area (Å²) in [7, 11) is -3.58. The monoisotopic (exact) mass is 368 g/mol. The van der Waals surface area contributed by atoms with Crippen LogP contribution in [0.3, 0.4) is 0 Å². The molecule has 138 valence electrons. The van der Waals surface area contributed by atoms with Gasteiger partial charge in [-0.25, -0.2) is 8.42 Å². The topological polar surface area (TPSA) is 108 Å². The molecule has 8 heteroatoms. The lowest BCUT2D eigenvalue weighted by Gasteiger charge is -2.29. The van der Waals surface area contributed by atoms with Crippen molar-refractivity contribution in [3.63, 3.8) is 0 Å². The molecule has 3 N–H and O–H groups in total. The Morgan fingerprint density at radius 2 is 1.96 bits per heavy atom. The lowest BCUT2D eigenvalue weighted by Crippen LogP contribution is -2.53. The first-order valence-corrected chi connectivity index (χ1v) is 10.1. The van der Waals surface area contributed by atoms with E-state index >= 15 is 0 Å². The highest BCUT2D eigenvalue weighted by Gasteiger charge is 2.41. The van der Waals surface area contributed by atoms with Gasteiger partial charge in [0.2, 0.25) is 5.91 Å². The molecule has 1 aliphatic carbocycles. The summed E-state index contributed by atoms with van der Waals surface area (Å²) in [6, 6.07) is 4.52. The van der Waals surface area contributed by atoms with Gasteiger partial charge in [-0.2, -0.15) is 0 Å². The molecule has 0 aromatic heterocycles. The van der Waals surface area contributed by atoms with Crippen molar-refractivity contribution in [2.45, 2.75) is 36.6 Å². The molecular formula is C17H24N2O5S. The van der Waals surface area contributed by atoms with E-state index in [0.29, 0.717) is 37.2 Å². The van der Waals surface area contributed by atoms with Gasteiger partial charge in [-0.3, -0.25) is 4.79 Å². The van der Waals surface area contributed by atoms with Gasteiger partial charge >= 0.3 is 0 Å². The smallest absolute Gasteiger partial charge is 0.221 e. The standard InChI is InChI=1S/C17H24N2O5S/c1-17(11-18,12-2-3-12)19-16(20)6-9-25(21,22)13-4-5-14-15(10-13)24-8-7-23-14/h4-5,10,12H,2-3,6-9,11,18H2,1H3,(H,19,20). The largest absolute Gasteiger partial charge is 0.486 e. The number of hydrogen-bond acceptors (Lipinski definition) is 6. The summed E-state index contributed by atoms with van der Waals surface area (Å²) in [6.07, 6.45) is 1.99. The Hall–Kier alpha value is -1.80. The Morgan fingerprint density at radius 1 is 1.28 bits per heavy atom. The van der Waals surface area contributed by atoms with Crippen LogP contribution in [0.5, 0.6) is 11.5 Å². The van der Waals surface area contributed by atoms with Gasteiger partial charge in [0.05, 0.1) is 16.2 Å². The predicted molar refractivity (Wildman–Crippen MR) is 92.4 cm³/mol. The van der Waals surface area contributed by atoms with Crippen LogP contribution in [0.2, 0.25) is 0 Å². The molecule has 1 amide bonds. The third kappa shape index (κ3) is 4.07. The SMILES string of the molecule is CC(CN)(NC(=O)CCS(=O)(=O)c1ccc2c(c1)OCCO2)C1CC1. The van der Waals surface area contributed by atoms with Crippen LogP contribution in [0.4, 0.5) is 0 Å². The Kier molecular flexibility index (Phi) is 4.92. The molecule has 1 aromatic rings. The summed E-state index contributed by atoms with van der Waals surface area (Å²) in [4.78, 5) is 12.3. The van der Waals surface area contributed by atoms with Crippen LogP contribution in [-0.4, -0.2) is 45.4 Å². The Bertz CT molecular complexity index is 760. The van der Waals surface area contributed by atoms with E-state index in [0.717, 1.165) is 12.8 Å². The second-order valence-electron chi connectivity index (χ2n) is 6.82. The highest BCUT2D eigenvalue weighted by Crippen LogP contribution is 2.39. The second-order valence-corrected chi connectivity index (χ2v) is 8.93. The molecule has 1 saturated carbocycles. The van der Waals surface area contributed by atoms with Crippen LogP contribution >= 0.6 is 0 Å². The van der Waals surface area contributed by atoms with Gasteiger partial charge in [-0.05, 0) is 37.8 Å². The Morgan fingerprint density at radius 3 is 2.60 bits per heavy atom. The third-order valence-corrected chi connectivity index (χ3v) is 6.51. The number of nitrogens with one attached hydrogen (secondary N) is 1. The maximum Gasteiger partial charge on any atom is 0.221 e. The van der Waals surface area contributed by atoms with Gasteiger partial charge in [0.15, 0.2) is 21.3 Å². The van der Waals surface area contributed by atoms with E-state index < -0.39 is 15.4 Å². The van der Waals surface area contributed by atoms with Crippen molar-refractivity contribution >= 4 is 15.7 Å². The maximum atomic E-state index is 12.5. The van der Waals surface area contributed by atoms with Crippen LogP contribution in [0.15, 0.2) is 23.1 Å². The molecular weight excluding hydrogens is 344 g/mol. The van der Waals surface area contributed by atoms with Crippen LogP contribution in [0, 0.1) is 5.92 Å². The summed E-state index contributed by atoms with van der Waals surface area (Å²) in [5.74, 6) is 0.785. The van der Waals surface area contributed by atoms with E-state index in [9.17, 15) is 13.2 Å². The van der Waals surface area contributed by atoms with E-state index in [1.807, 2.05) is 6.92 Å². The minimum atomic E-state index is -3.58. The third-order valence-electron chi connectivity index (χ3n) is 4.80. The average molecular weight is 368 g/mol. The molecule has 1 fully saturated rings. The quantitative estimate of drug-likeness (QED) is 0.739. The van der Waals surface area contributed by atoms with Crippen LogP contribution in [0.25, 0.3) is 0 Å². The van der Waals surface area contributed by atoms with Crippen molar-refractivity contribution in [1.29, 1.82) is 0 Å². The molecule has 0 spiro atoms. The lowest BCUT2D eigenvalue weighted by molar-refractivity contribution is -0.122. The minimum Gasteiger partial charge on any atom is -0.486 e. The highest BCUT2D eigenvalue weighted by molar-refractivity contribution is 7.91. The van der Waals surface area contributed by atoms with E-state index in [1.165, 1.54) is 12.1 Å². The molecule has 2 aliphatic rings. The van der Waals surface area contributed by atoms with E-state index in [1.54, 1.807) is 6.07 Å². The number of sulfone groups is 1. The molecule has 0 bridgehead atoms. The summed E-state index contributed by atoms with van der Waals surface area (Å²) in [6.45, 7) is 3.09. The zero-order valence-corrected chi connectivity index (χ0v) is 15.1. The average Bonchev–Trinajstić information content (AvgIpc) is 3.45. The first kappa shape index (κ1) is 18.0. The van der Waals surface area contributed by atoms with Gasteiger partial charge < -0.3 is 20.5 Å². The molecule has 25 heavy (non-hydrogen) atoms. The number of carbonyl (C=O) groups excluding carboxylic acids is 1. The van der Waals surface area contributed by atoms with Crippen LogP contribution in [0.1, 0.15) is 26.2 Å². The Balaban J connectivity index is 1.62. The molecule has 1 aromatic carbocycles. The molecule has 1 unspecified atom stereocenters. The van der Waals surface area contributed by atoms with Gasteiger partial charge in [0.25, 0.3) is 0 Å². The number of fused-ring (bicyclic) bond motifs is 1. The molecule has 0 radical (unpaired) electrons. The first-order valence-electron chi connectivity index (χ1n) is 8.47. The van der Waals surface area contributed by atoms with Crippen LogP contribution in [-0.2, 0) is 14.6 Å². The number of ether oxygens (including phenoxy) is 2. The van der Waals surface area contributed by atoms with Crippen molar-refractivity contribution in [3.05, 3.63) is 18.2 Å². The number of amides is 1. The Labute approximate surface area is 147 Å². The number of nitrogens with two attached hydrogens (primary N) is 1. The fourth-order valence-corrected chi connectivity index (χ4v) is 4.24. The zero-order valence-electron chi connectivity index (χ0n) is 14.3. The molecule has 1 aliphatic heterocycles. The normalized spacial score (nSPS) is 19.1. The van der Waals surface area contributed by atoms with Gasteiger partial charge in [0, 0.05) is 19.0 Å².